The van der Waals surface area contributed by atoms with Crippen LogP contribution < -0.4 is 5.32 Å². The number of nitrogens with one attached hydrogen (secondary N) is 2. The molecule has 0 saturated heterocycles. The highest BCUT2D eigenvalue weighted by atomic mass is 35.5. The summed E-state index contributed by atoms with van der Waals surface area (Å²) in [5, 5.41) is 14.9. The summed E-state index contributed by atoms with van der Waals surface area (Å²) in [5.74, 6) is -0.642. The maximum absolute atomic E-state index is 13.1. The van der Waals surface area contributed by atoms with Gasteiger partial charge in [-0.15, -0.1) is 0 Å². The molecule has 4 aromatic rings. The Labute approximate surface area is 185 Å². The van der Waals surface area contributed by atoms with E-state index in [2.05, 4.69) is 20.6 Å². The molecule has 10 heteroatoms. The summed E-state index contributed by atoms with van der Waals surface area (Å²) in [7, 11) is 0. The fourth-order valence-electron chi connectivity index (χ4n) is 2.79. The summed E-state index contributed by atoms with van der Waals surface area (Å²) in [6, 6.07) is 12.6. The minimum Gasteiger partial charge on any atom is -0.302 e. The van der Waals surface area contributed by atoms with Crippen LogP contribution in [0.4, 0.5) is 10.2 Å². The lowest BCUT2D eigenvalue weighted by atomic mass is 10.1. The number of amides is 1. The summed E-state index contributed by atoms with van der Waals surface area (Å²) < 4.78 is 14.6. The summed E-state index contributed by atoms with van der Waals surface area (Å²) in [6.45, 7) is 0.285. The molecule has 30 heavy (non-hydrogen) atoms. The third kappa shape index (κ3) is 4.33. The Morgan fingerprint density at radius 3 is 2.47 bits per heavy atom. The number of carbonyl (C=O) groups excluding carboxylic acids is 1. The van der Waals surface area contributed by atoms with Crippen molar-refractivity contribution in [1.82, 2.24) is 20.0 Å². The van der Waals surface area contributed by atoms with Crippen molar-refractivity contribution < 1.29 is 9.18 Å². The fourth-order valence-corrected chi connectivity index (χ4v) is 3.50. The number of aromatic nitrogens is 4. The molecule has 0 aliphatic rings. The highest BCUT2D eigenvalue weighted by Crippen LogP contribution is 2.27. The molecule has 4 rings (SSSR count). The van der Waals surface area contributed by atoms with Gasteiger partial charge in [-0.25, -0.2) is 4.39 Å². The van der Waals surface area contributed by atoms with E-state index in [1.807, 2.05) is 0 Å². The SMILES string of the molecule is O=C(Nc1nn(Cc2c(Cl)cccc2Cl)cc1Cl)c1cc(-c2ccc(F)cc2)n[nH]1. The molecule has 2 heterocycles. The number of carbonyl (C=O) groups is 1. The van der Waals surface area contributed by atoms with Crippen molar-refractivity contribution >= 4 is 46.5 Å². The largest absolute Gasteiger partial charge is 0.302 e. The first-order valence-corrected chi connectivity index (χ1v) is 9.82. The Morgan fingerprint density at radius 1 is 1.07 bits per heavy atom. The van der Waals surface area contributed by atoms with Gasteiger partial charge >= 0.3 is 0 Å². The van der Waals surface area contributed by atoms with Crippen LogP contribution in [-0.4, -0.2) is 25.9 Å². The molecule has 2 N–H and O–H groups in total. The topological polar surface area (TPSA) is 75.6 Å². The van der Waals surface area contributed by atoms with Crippen molar-refractivity contribution in [3.63, 3.8) is 0 Å². The number of hydrogen-bond donors (Lipinski definition) is 2. The highest BCUT2D eigenvalue weighted by Gasteiger charge is 2.16. The average molecular weight is 465 g/mol. The monoisotopic (exact) mass is 463 g/mol. The van der Waals surface area contributed by atoms with Gasteiger partial charge in [0.2, 0.25) is 0 Å². The fraction of sp³-hybridized carbons (Fsp3) is 0.0500. The van der Waals surface area contributed by atoms with Crippen molar-refractivity contribution in [3.05, 3.63) is 86.9 Å². The predicted molar refractivity (Wildman–Crippen MR) is 115 cm³/mol. The molecule has 0 fully saturated rings. The zero-order valence-corrected chi connectivity index (χ0v) is 17.4. The molecule has 2 aromatic carbocycles. The average Bonchev–Trinajstić information content (AvgIpc) is 3.33. The Balaban J connectivity index is 1.50. The highest BCUT2D eigenvalue weighted by molar-refractivity contribution is 6.36. The minimum absolute atomic E-state index is 0.183. The van der Waals surface area contributed by atoms with Gasteiger partial charge in [-0.2, -0.15) is 10.2 Å². The van der Waals surface area contributed by atoms with E-state index in [4.69, 9.17) is 34.8 Å². The zero-order valence-electron chi connectivity index (χ0n) is 15.2. The van der Waals surface area contributed by atoms with Gasteiger partial charge in [0.25, 0.3) is 5.91 Å². The summed E-state index contributed by atoms with van der Waals surface area (Å²) in [6.07, 6.45) is 1.56. The standard InChI is InChI=1S/C20H13Cl3FN5O/c21-14-2-1-3-15(22)13(14)9-29-10-16(23)19(28-29)25-20(30)18-8-17(26-27-18)11-4-6-12(24)7-5-11/h1-8,10H,9H2,(H,26,27)(H,25,28,30). The molecule has 2 aromatic heterocycles. The van der Waals surface area contributed by atoms with Crippen LogP contribution in [0.2, 0.25) is 15.1 Å². The van der Waals surface area contributed by atoms with Crippen molar-refractivity contribution in [1.29, 1.82) is 0 Å². The molecule has 0 radical (unpaired) electrons. The second-order valence-corrected chi connectivity index (χ2v) is 7.57. The molecular weight excluding hydrogens is 452 g/mol. The molecule has 0 aliphatic carbocycles. The molecule has 0 saturated carbocycles. The summed E-state index contributed by atoms with van der Waals surface area (Å²) in [4.78, 5) is 12.5. The Hall–Kier alpha value is -2.87. The first kappa shape index (κ1) is 20.4. The third-order valence-electron chi connectivity index (χ3n) is 4.29. The number of benzene rings is 2. The third-order valence-corrected chi connectivity index (χ3v) is 5.28. The number of H-pyrrole nitrogens is 1. The van der Waals surface area contributed by atoms with Crippen LogP contribution in [0.25, 0.3) is 11.3 Å². The van der Waals surface area contributed by atoms with Crippen LogP contribution in [-0.2, 0) is 6.54 Å². The van der Waals surface area contributed by atoms with E-state index in [1.165, 1.54) is 16.8 Å². The molecule has 152 valence electrons. The van der Waals surface area contributed by atoms with Gasteiger partial charge in [0.15, 0.2) is 5.82 Å². The van der Waals surface area contributed by atoms with Crippen LogP contribution in [0.3, 0.4) is 0 Å². The van der Waals surface area contributed by atoms with E-state index in [-0.39, 0.29) is 28.9 Å². The number of hydrogen-bond acceptors (Lipinski definition) is 3. The van der Waals surface area contributed by atoms with Crippen molar-refractivity contribution in [2.45, 2.75) is 6.54 Å². The van der Waals surface area contributed by atoms with E-state index >= 15 is 0 Å². The van der Waals surface area contributed by atoms with Gasteiger partial charge in [0, 0.05) is 27.4 Å². The first-order valence-electron chi connectivity index (χ1n) is 8.69. The Morgan fingerprint density at radius 2 is 1.77 bits per heavy atom. The predicted octanol–water partition coefficient (Wildman–Crippen LogP) is 5.67. The number of rotatable bonds is 5. The number of aromatic amines is 1. The molecule has 0 aliphatic heterocycles. The Bertz CT molecular complexity index is 1200. The lowest BCUT2D eigenvalue weighted by Crippen LogP contribution is -2.13. The number of nitrogens with zero attached hydrogens (tertiary/aromatic N) is 3. The second kappa shape index (κ2) is 8.47. The van der Waals surface area contributed by atoms with Crippen molar-refractivity contribution in [2.24, 2.45) is 0 Å². The van der Waals surface area contributed by atoms with Gasteiger partial charge in [0.05, 0.1) is 12.2 Å². The quantitative estimate of drug-likeness (QED) is 0.399. The molecule has 6 nitrogen and oxygen atoms in total. The van der Waals surface area contributed by atoms with Gasteiger partial charge in [-0.3, -0.25) is 14.6 Å². The van der Waals surface area contributed by atoms with Crippen LogP contribution in [0.5, 0.6) is 0 Å². The van der Waals surface area contributed by atoms with Gasteiger partial charge < -0.3 is 5.32 Å². The van der Waals surface area contributed by atoms with Crippen molar-refractivity contribution in [3.8, 4) is 11.3 Å². The van der Waals surface area contributed by atoms with Crippen molar-refractivity contribution in [2.75, 3.05) is 5.32 Å². The molecule has 0 unspecified atom stereocenters. The van der Waals surface area contributed by atoms with Gasteiger partial charge in [-0.1, -0.05) is 40.9 Å². The first-order chi connectivity index (χ1) is 14.4. The molecular formula is C20H13Cl3FN5O. The van der Waals surface area contributed by atoms with E-state index in [0.717, 1.165) is 0 Å². The summed E-state index contributed by atoms with van der Waals surface area (Å²) >= 11 is 18.6. The van der Waals surface area contributed by atoms with Crippen LogP contribution in [0, 0.1) is 5.82 Å². The van der Waals surface area contributed by atoms with Gasteiger partial charge in [0.1, 0.15) is 16.5 Å². The van der Waals surface area contributed by atoms with Crippen LogP contribution in [0.15, 0.2) is 54.7 Å². The van der Waals surface area contributed by atoms with E-state index in [0.29, 0.717) is 26.9 Å². The maximum atomic E-state index is 13.1. The molecule has 0 bridgehead atoms. The number of halogens is 4. The summed E-state index contributed by atoms with van der Waals surface area (Å²) in [5.41, 5.74) is 2.07. The van der Waals surface area contributed by atoms with Crippen LogP contribution >= 0.6 is 34.8 Å². The normalized spacial score (nSPS) is 10.9. The second-order valence-electron chi connectivity index (χ2n) is 6.35. The minimum atomic E-state index is -0.473. The Kier molecular flexibility index (Phi) is 5.76. The lowest BCUT2D eigenvalue weighted by molar-refractivity contribution is 0.102. The molecule has 1 amide bonds. The zero-order chi connectivity index (χ0) is 21.3. The lowest BCUT2D eigenvalue weighted by Gasteiger charge is -2.06. The van der Waals surface area contributed by atoms with Crippen LogP contribution in [0.1, 0.15) is 16.1 Å². The number of anilines is 1. The van der Waals surface area contributed by atoms with E-state index < -0.39 is 5.91 Å². The van der Waals surface area contributed by atoms with E-state index in [1.54, 1.807) is 42.6 Å². The molecule has 0 spiro atoms. The van der Waals surface area contributed by atoms with Gasteiger partial charge in [-0.05, 0) is 42.5 Å². The maximum Gasteiger partial charge on any atom is 0.274 e. The smallest absolute Gasteiger partial charge is 0.274 e. The molecule has 0 atom stereocenters. The van der Waals surface area contributed by atoms with E-state index in [9.17, 15) is 9.18 Å².